The maximum Gasteiger partial charge on any atom is 0.490 e. The van der Waals surface area contributed by atoms with Gasteiger partial charge in [0.2, 0.25) is 21.8 Å². The van der Waals surface area contributed by atoms with Gasteiger partial charge in [-0.15, -0.1) is 0 Å². The smallest absolute Gasteiger partial charge is 0.475 e. The molecular formula is C28H39F3N6O11S. The monoisotopic (exact) mass is 724 g/mol. The number of hydrogen-bond acceptors (Lipinski definition) is 11. The number of nitrogens with zero attached hydrogens (tertiary/aromatic N) is 2. The van der Waals surface area contributed by atoms with Crippen molar-refractivity contribution in [3.05, 3.63) is 29.8 Å². The van der Waals surface area contributed by atoms with Gasteiger partial charge in [-0.2, -0.15) is 17.9 Å². The van der Waals surface area contributed by atoms with Gasteiger partial charge in [-0.1, -0.05) is 12.1 Å². The number of carboxylic acids is 1. The number of benzene rings is 1. The molecule has 1 aromatic rings. The lowest BCUT2D eigenvalue weighted by Crippen LogP contribution is -2.53. The largest absolute Gasteiger partial charge is 0.490 e. The molecule has 1 saturated heterocycles. The molecule has 2 aliphatic rings. The number of halogens is 3. The molecule has 2 fully saturated rings. The fraction of sp³-hybridized carbons (Fsp3) is 0.571. The molecule has 3 rings (SSSR count). The molecule has 0 radical (unpaired) electrons. The Bertz CT molecular complexity index is 1470. The molecule has 0 aromatic heterocycles. The topological polar surface area (TPSA) is 248 Å². The van der Waals surface area contributed by atoms with Gasteiger partial charge in [0.05, 0.1) is 49.7 Å². The minimum absolute atomic E-state index is 0.0161. The molecule has 1 aliphatic heterocycles. The van der Waals surface area contributed by atoms with E-state index in [1.807, 2.05) is 0 Å². The number of ether oxygens (including phenoxy) is 3. The fourth-order valence-corrected chi connectivity index (χ4v) is 5.84. The Hall–Kier alpha value is -4.50. The van der Waals surface area contributed by atoms with Gasteiger partial charge in [-0.25, -0.2) is 18.0 Å². The minimum atomic E-state index is -5.08. The lowest BCUT2D eigenvalue weighted by atomic mass is 10.1. The van der Waals surface area contributed by atoms with Crippen LogP contribution in [0.5, 0.6) is 0 Å². The Labute approximate surface area is 279 Å². The minimum Gasteiger partial charge on any atom is -0.475 e. The van der Waals surface area contributed by atoms with E-state index >= 15 is 0 Å². The summed E-state index contributed by atoms with van der Waals surface area (Å²) >= 11 is 0. The molecule has 1 aliphatic carbocycles. The Balaban J connectivity index is 0.00000107. The van der Waals surface area contributed by atoms with Crippen LogP contribution in [-0.2, 0) is 43.4 Å². The third-order valence-electron chi connectivity index (χ3n) is 6.95. The Morgan fingerprint density at radius 3 is 2.39 bits per heavy atom. The van der Waals surface area contributed by atoms with E-state index < -0.39 is 69.4 Å². The lowest BCUT2D eigenvalue weighted by molar-refractivity contribution is -0.192. The number of esters is 2. The number of methoxy groups -OCH3 is 1. The van der Waals surface area contributed by atoms with E-state index in [9.17, 15) is 40.8 Å². The number of carbonyl (C=O) groups excluding carboxylic acids is 4. The molecule has 6 N–H and O–H groups in total. The summed E-state index contributed by atoms with van der Waals surface area (Å²) in [6.45, 7) is 2.87. The van der Waals surface area contributed by atoms with Crippen LogP contribution in [0, 0.1) is 5.41 Å². The van der Waals surface area contributed by atoms with Gasteiger partial charge >= 0.3 is 24.1 Å². The molecule has 274 valence electrons. The van der Waals surface area contributed by atoms with Gasteiger partial charge < -0.3 is 40.2 Å². The van der Waals surface area contributed by atoms with Crippen molar-refractivity contribution in [3.8, 4) is 0 Å². The predicted octanol–water partition coefficient (Wildman–Crippen LogP) is -0.202. The van der Waals surface area contributed by atoms with Crippen molar-refractivity contribution >= 4 is 45.7 Å². The number of carboxylic acid groups (broad SMARTS) is 1. The van der Waals surface area contributed by atoms with Crippen LogP contribution in [0.3, 0.4) is 0 Å². The van der Waals surface area contributed by atoms with E-state index in [4.69, 9.17) is 35.3 Å². The first-order chi connectivity index (χ1) is 22.9. The second-order valence-electron chi connectivity index (χ2n) is 10.6. The molecule has 1 heterocycles. The Morgan fingerprint density at radius 1 is 1.20 bits per heavy atom. The second-order valence-corrected chi connectivity index (χ2v) is 12.3. The number of sulfonamides is 1. The van der Waals surface area contributed by atoms with E-state index in [1.54, 1.807) is 11.8 Å². The van der Waals surface area contributed by atoms with Crippen LogP contribution in [0.1, 0.15) is 43.0 Å². The summed E-state index contributed by atoms with van der Waals surface area (Å²) in [7, 11) is -3.40. The Kier molecular flexibility index (Phi) is 15.2. The van der Waals surface area contributed by atoms with Gasteiger partial charge in [0.1, 0.15) is 6.04 Å². The number of morpholine rings is 1. The first kappa shape index (κ1) is 40.7. The summed E-state index contributed by atoms with van der Waals surface area (Å²) in [5.41, 5.74) is 5.31. The quantitative estimate of drug-likeness (QED) is 0.0949. The number of alkyl halides is 3. The second kappa shape index (κ2) is 18.3. The molecular weight excluding hydrogens is 685 g/mol. The number of hydrogen-bond donors (Lipinski definition) is 5. The average molecular weight is 725 g/mol. The molecule has 0 bridgehead atoms. The van der Waals surface area contributed by atoms with E-state index in [0.717, 1.165) is 7.11 Å². The summed E-state index contributed by atoms with van der Waals surface area (Å²) in [5.74, 6) is -5.60. The number of nitrogens with two attached hydrogens (primary N) is 1. The maximum atomic E-state index is 13.7. The van der Waals surface area contributed by atoms with Gasteiger partial charge in [0.25, 0.3) is 0 Å². The van der Waals surface area contributed by atoms with Gasteiger partial charge in [-0.05, 0) is 31.9 Å². The van der Waals surface area contributed by atoms with E-state index in [1.165, 1.54) is 29.2 Å². The number of amides is 2. The zero-order valence-corrected chi connectivity index (χ0v) is 27.5. The number of aliphatic carboxylic acids is 1. The first-order valence-electron chi connectivity index (χ1n) is 14.8. The standard InChI is InChI=1S/C26H38N6O9S.C2HF3O2/c1-3-40-23(34)10-11-32(17-8-9-17)24(35)20(14-22(33)29-15-18-16-31(26(27)28)12-13-41-18)30-42(37,38)21-7-5-4-6-19(21)25(36)39-2;3-2(4,5)1(6)7/h4-7,17-18,20,30H,3,8-16H2,1-2H3,(H3,27,28)(H,29,33);(H,6,7)/t18?,20-;/m0./s1. The average Bonchev–Trinajstić information content (AvgIpc) is 3.88. The highest BCUT2D eigenvalue weighted by atomic mass is 32.2. The third-order valence-corrected chi connectivity index (χ3v) is 8.48. The number of guanidine groups is 1. The summed E-state index contributed by atoms with van der Waals surface area (Å²) in [6.07, 6.45) is -4.89. The van der Waals surface area contributed by atoms with Gasteiger partial charge in [0.15, 0.2) is 5.96 Å². The van der Waals surface area contributed by atoms with E-state index in [0.29, 0.717) is 26.0 Å². The van der Waals surface area contributed by atoms with Crippen LogP contribution in [0.2, 0.25) is 0 Å². The number of rotatable bonds is 14. The first-order valence-corrected chi connectivity index (χ1v) is 16.3. The van der Waals surface area contributed by atoms with Crippen molar-refractivity contribution in [2.75, 3.05) is 46.5 Å². The Morgan fingerprint density at radius 2 is 1.84 bits per heavy atom. The predicted molar refractivity (Wildman–Crippen MR) is 162 cm³/mol. The summed E-state index contributed by atoms with van der Waals surface area (Å²) in [6, 6.07) is 3.58. The van der Waals surface area contributed by atoms with E-state index in [-0.39, 0.29) is 50.2 Å². The molecule has 21 heteroatoms. The van der Waals surface area contributed by atoms with Crippen LogP contribution < -0.4 is 15.8 Å². The van der Waals surface area contributed by atoms with Crippen LogP contribution in [0.4, 0.5) is 13.2 Å². The van der Waals surface area contributed by atoms with Crippen molar-refractivity contribution in [2.24, 2.45) is 5.73 Å². The van der Waals surface area contributed by atoms with Gasteiger partial charge in [0, 0.05) is 32.2 Å². The SMILES string of the molecule is CCOC(=O)CCN(C(=O)[C@H](CC(=O)NCC1CN(C(=N)N)CCO1)NS(=O)(=O)c1ccccc1C(=O)OC)C1CC1.O=C(O)C(F)(F)F. The zero-order valence-electron chi connectivity index (χ0n) is 26.7. The number of carbonyl (C=O) groups is 5. The lowest BCUT2D eigenvalue weighted by Gasteiger charge is -2.33. The van der Waals surface area contributed by atoms with Gasteiger partial charge in [-0.3, -0.25) is 19.8 Å². The van der Waals surface area contributed by atoms with E-state index in [2.05, 4.69) is 10.0 Å². The van der Waals surface area contributed by atoms with Crippen LogP contribution in [0.25, 0.3) is 0 Å². The van der Waals surface area contributed by atoms with Crippen LogP contribution >= 0.6 is 0 Å². The zero-order chi connectivity index (χ0) is 36.9. The van der Waals surface area contributed by atoms with Crippen molar-refractivity contribution in [3.63, 3.8) is 0 Å². The highest BCUT2D eigenvalue weighted by molar-refractivity contribution is 7.89. The van der Waals surface area contributed by atoms with Crippen molar-refractivity contribution in [1.82, 2.24) is 19.8 Å². The fourth-order valence-electron chi connectivity index (χ4n) is 4.46. The van der Waals surface area contributed by atoms with Crippen LogP contribution in [0.15, 0.2) is 29.2 Å². The molecule has 49 heavy (non-hydrogen) atoms. The molecule has 17 nitrogen and oxygen atoms in total. The highest BCUT2D eigenvalue weighted by Crippen LogP contribution is 2.28. The molecule has 1 saturated carbocycles. The maximum absolute atomic E-state index is 13.7. The summed E-state index contributed by atoms with van der Waals surface area (Å²) in [4.78, 5) is 62.5. The van der Waals surface area contributed by atoms with Crippen LogP contribution in [-0.4, -0.2) is 130 Å². The summed E-state index contributed by atoms with van der Waals surface area (Å²) < 4.78 is 76.3. The molecule has 1 unspecified atom stereocenters. The van der Waals surface area contributed by atoms with Crippen molar-refractivity contribution in [2.45, 2.75) is 61.9 Å². The molecule has 0 spiro atoms. The molecule has 2 atom stereocenters. The summed E-state index contributed by atoms with van der Waals surface area (Å²) in [5, 5.41) is 17.4. The van der Waals surface area contributed by atoms with Crippen molar-refractivity contribution < 1.29 is 64.9 Å². The number of nitrogens with one attached hydrogen (secondary N) is 3. The van der Waals surface area contributed by atoms with Crippen molar-refractivity contribution in [1.29, 1.82) is 5.41 Å². The third kappa shape index (κ3) is 13.1. The molecule has 1 aromatic carbocycles. The molecule has 2 amide bonds. The normalized spacial score (nSPS) is 16.7. The highest BCUT2D eigenvalue weighted by Gasteiger charge is 2.40.